The number of aryl methyl sites for hydroxylation is 1. The molecule has 25 heavy (non-hydrogen) atoms. The minimum atomic E-state index is -0.288. The van der Waals surface area contributed by atoms with E-state index in [9.17, 15) is 4.79 Å². The van der Waals surface area contributed by atoms with Crippen LogP contribution in [-0.2, 0) is 13.7 Å². The van der Waals surface area contributed by atoms with Crippen LogP contribution in [0.2, 0.25) is 0 Å². The Balaban J connectivity index is 1.72. The monoisotopic (exact) mass is 335 g/mol. The molecule has 0 unspecified atom stereocenters. The molecule has 1 aliphatic heterocycles. The van der Waals surface area contributed by atoms with Gasteiger partial charge in [0.05, 0.1) is 18.5 Å². The van der Waals surface area contributed by atoms with Gasteiger partial charge in [-0.1, -0.05) is 24.3 Å². The number of carbonyl (C=O) groups excluding carboxylic acids is 1. The predicted molar refractivity (Wildman–Crippen MR) is 93.9 cm³/mol. The Morgan fingerprint density at radius 2 is 1.96 bits per heavy atom. The SMILES string of the molecule is COc1ccccc1NC(=O)c1nn(C)c2c1COc1ccccc1-2. The number of rotatable bonds is 3. The van der Waals surface area contributed by atoms with Gasteiger partial charge in [0.1, 0.15) is 18.1 Å². The minimum Gasteiger partial charge on any atom is -0.495 e. The highest BCUT2D eigenvalue weighted by Crippen LogP contribution is 2.38. The lowest BCUT2D eigenvalue weighted by Gasteiger charge is -2.18. The zero-order valence-corrected chi connectivity index (χ0v) is 13.9. The molecule has 6 heteroatoms. The van der Waals surface area contributed by atoms with Crippen molar-refractivity contribution in [2.45, 2.75) is 6.61 Å². The number of carbonyl (C=O) groups is 1. The molecule has 1 aliphatic rings. The van der Waals surface area contributed by atoms with Crippen molar-refractivity contribution in [2.24, 2.45) is 7.05 Å². The van der Waals surface area contributed by atoms with Crippen LogP contribution in [0.4, 0.5) is 5.69 Å². The Labute approximate surface area is 145 Å². The van der Waals surface area contributed by atoms with Crippen molar-refractivity contribution in [3.8, 4) is 22.8 Å². The molecule has 0 fully saturated rings. The highest BCUT2D eigenvalue weighted by atomic mass is 16.5. The number of benzene rings is 2. The first-order chi connectivity index (χ1) is 12.2. The van der Waals surface area contributed by atoms with E-state index in [2.05, 4.69) is 10.4 Å². The number of hydrogen-bond acceptors (Lipinski definition) is 4. The third-order valence-electron chi connectivity index (χ3n) is 4.23. The maximum absolute atomic E-state index is 12.8. The van der Waals surface area contributed by atoms with Crippen molar-refractivity contribution in [1.29, 1.82) is 0 Å². The number of amides is 1. The van der Waals surface area contributed by atoms with Crippen molar-refractivity contribution in [2.75, 3.05) is 12.4 Å². The Morgan fingerprint density at radius 1 is 1.20 bits per heavy atom. The van der Waals surface area contributed by atoms with Gasteiger partial charge in [0.2, 0.25) is 0 Å². The van der Waals surface area contributed by atoms with Crippen LogP contribution in [0.15, 0.2) is 48.5 Å². The molecule has 1 aromatic heterocycles. The van der Waals surface area contributed by atoms with E-state index in [1.165, 1.54) is 0 Å². The largest absolute Gasteiger partial charge is 0.495 e. The zero-order chi connectivity index (χ0) is 17.4. The molecule has 0 aliphatic carbocycles. The summed E-state index contributed by atoms with van der Waals surface area (Å²) in [4.78, 5) is 12.8. The molecule has 126 valence electrons. The average Bonchev–Trinajstić information content (AvgIpc) is 2.99. The molecule has 3 aromatic rings. The summed E-state index contributed by atoms with van der Waals surface area (Å²) in [6.07, 6.45) is 0. The van der Waals surface area contributed by atoms with E-state index in [1.54, 1.807) is 23.9 Å². The molecule has 6 nitrogen and oxygen atoms in total. The predicted octanol–water partition coefficient (Wildman–Crippen LogP) is 3.24. The molecule has 1 amide bonds. The van der Waals surface area contributed by atoms with Crippen molar-refractivity contribution >= 4 is 11.6 Å². The van der Waals surface area contributed by atoms with Crippen LogP contribution in [0, 0.1) is 0 Å². The molecule has 1 N–H and O–H groups in total. The van der Waals surface area contributed by atoms with Gasteiger partial charge >= 0.3 is 0 Å². The fourth-order valence-electron chi connectivity index (χ4n) is 3.09. The Kier molecular flexibility index (Phi) is 3.65. The molecule has 0 saturated heterocycles. The summed E-state index contributed by atoms with van der Waals surface area (Å²) in [7, 11) is 3.40. The van der Waals surface area contributed by atoms with Crippen LogP contribution < -0.4 is 14.8 Å². The molecule has 2 heterocycles. The fourth-order valence-corrected chi connectivity index (χ4v) is 3.09. The van der Waals surface area contributed by atoms with Gasteiger partial charge in [0.25, 0.3) is 5.91 Å². The van der Waals surface area contributed by atoms with E-state index in [4.69, 9.17) is 9.47 Å². The topological polar surface area (TPSA) is 65.4 Å². The zero-order valence-electron chi connectivity index (χ0n) is 13.9. The van der Waals surface area contributed by atoms with Crippen LogP contribution >= 0.6 is 0 Å². The molecule has 0 radical (unpaired) electrons. The number of nitrogens with zero attached hydrogens (tertiary/aromatic N) is 2. The quantitative estimate of drug-likeness (QED) is 0.798. The fraction of sp³-hybridized carbons (Fsp3) is 0.158. The molecular formula is C19H17N3O3. The summed E-state index contributed by atoms with van der Waals surface area (Å²) in [5.74, 6) is 1.11. The van der Waals surface area contributed by atoms with E-state index >= 15 is 0 Å². The Hall–Kier alpha value is -3.28. The number of anilines is 1. The summed E-state index contributed by atoms with van der Waals surface area (Å²) in [6, 6.07) is 15.0. The lowest BCUT2D eigenvalue weighted by Crippen LogP contribution is -2.16. The van der Waals surface area contributed by atoms with Crippen molar-refractivity contribution in [1.82, 2.24) is 9.78 Å². The highest BCUT2D eigenvalue weighted by Gasteiger charge is 2.28. The number of methoxy groups -OCH3 is 1. The minimum absolute atomic E-state index is 0.288. The van der Waals surface area contributed by atoms with Gasteiger partial charge in [-0.3, -0.25) is 9.48 Å². The summed E-state index contributed by atoms with van der Waals surface area (Å²) >= 11 is 0. The molecule has 0 saturated carbocycles. The summed E-state index contributed by atoms with van der Waals surface area (Å²) < 4.78 is 12.8. The van der Waals surface area contributed by atoms with Crippen molar-refractivity contribution in [3.63, 3.8) is 0 Å². The maximum atomic E-state index is 12.8. The highest BCUT2D eigenvalue weighted by molar-refractivity contribution is 6.05. The second-order valence-electron chi connectivity index (χ2n) is 5.74. The van der Waals surface area contributed by atoms with Gasteiger partial charge in [-0.05, 0) is 24.3 Å². The number of nitrogens with one attached hydrogen (secondary N) is 1. The standard InChI is InChI=1S/C19H17N3O3/c1-22-18-12-7-3-5-9-15(12)25-11-13(18)17(21-22)19(23)20-14-8-4-6-10-16(14)24-2/h3-10H,11H2,1-2H3,(H,20,23). The van der Waals surface area contributed by atoms with Gasteiger partial charge in [-0.25, -0.2) is 0 Å². The maximum Gasteiger partial charge on any atom is 0.276 e. The first-order valence-electron chi connectivity index (χ1n) is 7.91. The summed E-state index contributed by atoms with van der Waals surface area (Å²) in [5.41, 5.74) is 3.60. The first kappa shape index (κ1) is 15.3. The first-order valence-corrected chi connectivity index (χ1v) is 7.91. The lowest BCUT2D eigenvalue weighted by atomic mass is 10.0. The summed E-state index contributed by atoms with van der Waals surface area (Å²) in [5, 5.41) is 7.30. The molecule has 2 aromatic carbocycles. The molecule has 0 atom stereocenters. The lowest BCUT2D eigenvalue weighted by molar-refractivity contribution is 0.101. The number of ether oxygens (including phenoxy) is 2. The van der Waals surface area contributed by atoms with Gasteiger partial charge in [-0.15, -0.1) is 0 Å². The number of fused-ring (bicyclic) bond motifs is 3. The van der Waals surface area contributed by atoms with Gasteiger partial charge < -0.3 is 14.8 Å². The Morgan fingerprint density at radius 3 is 2.80 bits per heavy atom. The number of para-hydroxylation sites is 3. The van der Waals surface area contributed by atoms with E-state index < -0.39 is 0 Å². The smallest absolute Gasteiger partial charge is 0.276 e. The molecule has 0 spiro atoms. The number of aromatic nitrogens is 2. The summed E-state index contributed by atoms with van der Waals surface area (Å²) in [6.45, 7) is 0.314. The molecular weight excluding hydrogens is 318 g/mol. The van der Waals surface area contributed by atoms with Crippen LogP contribution in [0.25, 0.3) is 11.3 Å². The third-order valence-corrected chi connectivity index (χ3v) is 4.23. The molecule has 0 bridgehead atoms. The van der Waals surface area contributed by atoms with Crippen molar-refractivity contribution in [3.05, 3.63) is 59.8 Å². The second kappa shape index (κ2) is 5.98. The second-order valence-corrected chi connectivity index (χ2v) is 5.74. The normalized spacial score (nSPS) is 11.9. The van der Waals surface area contributed by atoms with Crippen LogP contribution in [0.3, 0.4) is 0 Å². The van der Waals surface area contributed by atoms with Crippen LogP contribution in [0.1, 0.15) is 16.1 Å². The van der Waals surface area contributed by atoms with E-state index in [0.29, 0.717) is 23.7 Å². The van der Waals surface area contributed by atoms with Gasteiger partial charge in [0, 0.05) is 18.2 Å². The van der Waals surface area contributed by atoms with Crippen molar-refractivity contribution < 1.29 is 14.3 Å². The van der Waals surface area contributed by atoms with Crippen LogP contribution in [-0.4, -0.2) is 22.8 Å². The van der Waals surface area contributed by atoms with E-state index in [-0.39, 0.29) is 5.91 Å². The average molecular weight is 335 g/mol. The van der Waals surface area contributed by atoms with Gasteiger partial charge in [-0.2, -0.15) is 5.10 Å². The Bertz CT molecular complexity index is 962. The van der Waals surface area contributed by atoms with E-state index in [1.807, 2.05) is 43.4 Å². The number of hydrogen-bond donors (Lipinski definition) is 1. The third kappa shape index (κ3) is 2.52. The van der Waals surface area contributed by atoms with Crippen LogP contribution in [0.5, 0.6) is 11.5 Å². The molecule has 4 rings (SSSR count). The van der Waals surface area contributed by atoms with Gasteiger partial charge in [0.15, 0.2) is 5.69 Å². The van der Waals surface area contributed by atoms with E-state index in [0.717, 1.165) is 22.6 Å².